The van der Waals surface area contributed by atoms with Crippen molar-refractivity contribution < 1.29 is 50.2 Å². The number of aromatic nitrogens is 2. The Morgan fingerprint density at radius 2 is 1.10 bits per heavy atom. The van der Waals surface area contributed by atoms with Gasteiger partial charge in [0.15, 0.2) is 0 Å². The Balaban J connectivity index is 0.000000182. The van der Waals surface area contributed by atoms with Crippen LogP contribution in [0.25, 0.3) is 0 Å². The molecule has 0 bridgehead atoms. The predicted molar refractivity (Wildman–Crippen MR) is 237 cm³/mol. The molecule has 1 saturated heterocycles. The summed E-state index contributed by atoms with van der Waals surface area (Å²) < 4.78 is 90.2. The molecule has 4 saturated carbocycles. The first-order valence-corrected chi connectivity index (χ1v) is 24.7. The number of nitrogens with one attached hydrogen (secondary N) is 2. The number of halogens is 6. The number of carbonyl (C=O) groups is 3. The van der Waals surface area contributed by atoms with Gasteiger partial charge in [-0.2, -0.15) is 26.3 Å². The number of amides is 3. The lowest BCUT2D eigenvalue weighted by atomic mass is 9.71. The van der Waals surface area contributed by atoms with Crippen molar-refractivity contribution in [1.29, 1.82) is 0 Å². The van der Waals surface area contributed by atoms with E-state index < -0.39 is 40.6 Å². The standard InChI is InChI=1S/C25H34F3N3O3.C25H34F3N3O2/c1-23(2,3)34-22(33)30-19-8-10-24(13-19,17-6-4-5-7-17)21(32)31-11-9-20-16(15-31)12-18(14-29-20)25(26,27)28;26-25(27,28)19-13-17-16-31(10-6-22(17)29-15-19)23(32)24(18-3-1-2-4-18)9-5-21(14-24)30-20-7-11-33-12-8-20/h12,14,17,19H,4-11,13,15H2,1-3H3,(H,30,33);13,15,18,20-21,30H,1-12,14,16H2/t19-,24+;21-,24+/m11/s1. The number of alkyl halides is 6. The van der Waals surface area contributed by atoms with Gasteiger partial charge in [-0.3, -0.25) is 19.6 Å². The second kappa shape index (κ2) is 19.8. The summed E-state index contributed by atoms with van der Waals surface area (Å²) in [5, 5.41) is 6.75. The summed E-state index contributed by atoms with van der Waals surface area (Å²) in [6, 6.07) is 2.94. The zero-order valence-corrected chi connectivity index (χ0v) is 39.3. The van der Waals surface area contributed by atoms with E-state index in [1.165, 1.54) is 18.9 Å². The number of nitrogens with zero attached hydrogens (tertiary/aromatic N) is 4. The molecule has 17 heteroatoms. The topological polar surface area (TPSA) is 126 Å². The van der Waals surface area contributed by atoms with Gasteiger partial charge in [-0.15, -0.1) is 0 Å². The van der Waals surface area contributed by atoms with Crippen LogP contribution in [0.1, 0.15) is 157 Å². The van der Waals surface area contributed by atoms with E-state index in [0.29, 0.717) is 85.7 Å². The summed E-state index contributed by atoms with van der Waals surface area (Å²) >= 11 is 0. The fourth-order valence-electron chi connectivity index (χ4n) is 12.7. The van der Waals surface area contributed by atoms with Crippen molar-refractivity contribution in [3.63, 3.8) is 0 Å². The average Bonchev–Trinajstić information content (AvgIpc) is 4.14. The van der Waals surface area contributed by atoms with Gasteiger partial charge >= 0.3 is 18.4 Å². The summed E-state index contributed by atoms with van der Waals surface area (Å²) in [6.45, 7) is 8.36. The molecule has 7 aliphatic rings. The van der Waals surface area contributed by atoms with E-state index in [-0.39, 0.29) is 42.3 Å². The number of hydrogen-bond donors (Lipinski definition) is 2. The van der Waals surface area contributed by atoms with E-state index >= 15 is 0 Å². The van der Waals surface area contributed by atoms with Gasteiger partial charge in [0.2, 0.25) is 11.8 Å². The van der Waals surface area contributed by atoms with Crippen LogP contribution in [0.3, 0.4) is 0 Å². The minimum atomic E-state index is -4.47. The summed E-state index contributed by atoms with van der Waals surface area (Å²) in [6.07, 6.45) is 8.60. The smallest absolute Gasteiger partial charge is 0.417 e. The molecule has 3 amide bonds. The lowest BCUT2D eigenvalue weighted by Gasteiger charge is -2.41. The first kappa shape index (κ1) is 49.4. The molecule has 4 atom stereocenters. The van der Waals surface area contributed by atoms with Crippen LogP contribution in [0.15, 0.2) is 24.5 Å². The molecule has 0 spiro atoms. The van der Waals surface area contributed by atoms with Gasteiger partial charge in [0.05, 0.1) is 22.0 Å². The largest absolute Gasteiger partial charge is 0.444 e. The Kier molecular flexibility index (Phi) is 14.6. The van der Waals surface area contributed by atoms with Crippen molar-refractivity contribution in [3.05, 3.63) is 58.2 Å². The Labute approximate surface area is 390 Å². The van der Waals surface area contributed by atoms with Crippen LogP contribution in [-0.2, 0) is 57.3 Å². The molecule has 0 aromatic carbocycles. The summed E-state index contributed by atoms with van der Waals surface area (Å²) in [7, 11) is 0. The maximum atomic E-state index is 14.1. The molecule has 0 unspecified atom stereocenters. The van der Waals surface area contributed by atoms with Crippen LogP contribution in [0.5, 0.6) is 0 Å². The fraction of sp³-hybridized carbons (Fsp3) is 0.740. The zero-order valence-electron chi connectivity index (χ0n) is 39.3. The third kappa shape index (κ3) is 11.2. The number of pyridine rings is 2. The number of rotatable bonds is 7. The molecule has 3 aliphatic heterocycles. The van der Waals surface area contributed by atoms with Gasteiger partial charge in [0, 0.05) is 94.1 Å². The van der Waals surface area contributed by atoms with Crippen molar-refractivity contribution in [1.82, 2.24) is 30.4 Å². The Morgan fingerprint density at radius 3 is 1.55 bits per heavy atom. The molecule has 5 heterocycles. The highest BCUT2D eigenvalue weighted by Gasteiger charge is 2.55. The van der Waals surface area contributed by atoms with E-state index in [0.717, 1.165) is 102 Å². The van der Waals surface area contributed by atoms with Crippen molar-refractivity contribution in [3.8, 4) is 0 Å². The van der Waals surface area contributed by atoms with E-state index in [1.54, 1.807) is 25.7 Å². The molecule has 2 aromatic heterocycles. The molecular formula is C50H68F6N6O5. The van der Waals surface area contributed by atoms with Gasteiger partial charge in [-0.05, 0) is 133 Å². The van der Waals surface area contributed by atoms with Crippen LogP contribution in [0.2, 0.25) is 0 Å². The zero-order chi connectivity index (χ0) is 47.8. The highest BCUT2D eigenvalue weighted by atomic mass is 19.4. The third-order valence-electron chi connectivity index (χ3n) is 15.9. The van der Waals surface area contributed by atoms with Gasteiger partial charge in [-0.25, -0.2) is 4.79 Å². The minimum Gasteiger partial charge on any atom is -0.444 e. The average molecular weight is 947 g/mol. The van der Waals surface area contributed by atoms with E-state index in [2.05, 4.69) is 20.6 Å². The van der Waals surface area contributed by atoms with E-state index in [4.69, 9.17) is 9.47 Å². The van der Waals surface area contributed by atoms with Gasteiger partial charge in [0.1, 0.15) is 5.60 Å². The molecule has 5 fully saturated rings. The van der Waals surface area contributed by atoms with Crippen molar-refractivity contribution in [2.24, 2.45) is 22.7 Å². The van der Waals surface area contributed by atoms with Crippen LogP contribution >= 0.6 is 0 Å². The van der Waals surface area contributed by atoms with E-state index in [1.807, 2.05) is 4.90 Å². The molecule has 4 aliphatic carbocycles. The number of hydrogen-bond acceptors (Lipinski definition) is 8. The van der Waals surface area contributed by atoms with Crippen molar-refractivity contribution >= 4 is 17.9 Å². The van der Waals surface area contributed by atoms with Gasteiger partial charge in [0.25, 0.3) is 0 Å². The minimum absolute atomic E-state index is 0.0101. The lowest BCUT2D eigenvalue weighted by Crippen LogP contribution is -2.49. The maximum absolute atomic E-state index is 14.1. The second-order valence-corrected chi connectivity index (χ2v) is 21.5. The first-order valence-electron chi connectivity index (χ1n) is 24.7. The maximum Gasteiger partial charge on any atom is 0.417 e. The number of ether oxygens (including phenoxy) is 2. The first-order chi connectivity index (χ1) is 31.7. The lowest BCUT2D eigenvalue weighted by molar-refractivity contribution is -0.147. The highest BCUT2D eigenvalue weighted by molar-refractivity contribution is 5.85. The van der Waals surface area contributed by atoms with Crippen LogP contribution in [-0.4, -0.2) is 87.7 Å². The normalized spacial score (nSPS) is 27.6. The predicted octanol–water partition coefficient (Wildman–Crippen LogP) is 9.72. The van der Waals surface area contributed by atoms with Crippen LogP contribution in [0.4, 0.5) is 31.1 Å². The van der Waals surface area contributed by atoms with E-state index in [9.17, 15) is 40.7 Å². The Morgan fingerprint density at radius 1 is 0.657 bits per heavy atom. The fourth-order valence-corrected chi connectivity index (χ4v) is 12.7. The molecule has 0 radical (unpaired) electrons. The number of carbonyl (C=O) groups excluding carboxylic acids is 3. The third-order valence-corrected chi connectivity index (χ3v) is 15.9. The monoisotopic (exact) mass is 947 g/mol. The van der Waals surface area contributed by atoms with Gasteiger partial charge in [-0.1, -0.05) is 25.7 Å². The quantitative estimate of drug-likeness (QED) is 0.263. The second-order valence-electron chi connectivity index (χ2n) is 21.5. The summed E-state index contributed by atoms with van der Waals surface area (Å²) in [4.78, 5) is 52.1. The van der Waals surface area contributed by atoms with Crippen LogP contribution < -0.4 is 10.6 Å². The van der Waals surface area contributed by atoms with Crippen molar-refractivity contribution in [2.45, 2.75) is 186 Å². The molecule has 2 N–H and O–H groups in total. The summed E-state index contributed by atoms with van der Waals surface area (Å²) in [5.41, 5.74) is -0.773. The Bertz CT molecular complexity index is 2100. The summed E-state index contributed by atoms with van der Waals surface area (Å²) in [5.74, 6) is 0.781. The molecular weight excluding hydrogens is 879 g/mol. The number of alkyl carbamates (subject to hydrolysis) is 1. The van der Waals surface area contributed by atoms with Crippen LogP contribution in [0, 0.1) is 22.7 Å². The van der Waals surface area contributed by atoms with Crippen molar-refractivity contribution in [2.75, 3.05) is 26.3 Å². The SMILES string of the molecule is CC(C)(C)OC(=O)N[C@@H]1CC[C@@](C(=O)N2CCc3ncc(C(F)(F)F)cc3C2)(C2CCCC2)C1.O=C(N1CCc2ncc(C(F)(F)F)cc2C1)[C@@]1(C2CCCC2)CC[C@@H](NC2CCOCC2)C1. The molecule has 11 nitrogen and oxygen atoms in total. The molecule has 2 aromatic rings. The molecule has 67 heavy (non-hydrogen) atoms. The Hall–Kier alpha value is -3.99. The molecule has 9 rings (SSSR count). The van der Waals surface area contributed by atoms with Gasteiger partial charge < -0.3 is 29.9 Å². The highest BCUT2D eigenvalue weighted by Crippen LogP contribution is 2.54. The molecule has 370 valence electrons. The number of fused-ring (bicyclic) bond motifs is 2.